The summed E-state index contributed by atoms with van der Waals surface area (Å²) in [6, 6.07) is 10.3. The van der Waals surface area contributed by atoms with E-state index in [-0.39, 0.29) is 5.97 Å². The van der Waals surface area contributed by atoms with Gasteiger partial charge in [0.25, 0.3) is 0 Å². The minimum absolute atomic E-state index is 0.366. The number of ether oxygens (including phenoxy) is 1. The molecule has 0 radical (unpaired) electrons. The van der Waals surface area contributed by atoms with E-state index in [9.17, 15) is 4.79 Å². The molecule has 0 aromatic heterocycles. The molecule has 0 spiro atoms. The number of nitrogen functional groups attached to an aromatic ring is 1. The lowest BCUT2D eigenvalue weighted by Crippen LogP contribution is -2.13. The zero-order valence-electron chi connectivity index (χ0n) is 12.5. The van der Waals surface area contributed by atoms with Crippen LogP contribution in [0.2, 0.25) is 10.0 Å². The van der Waals surface area contributed by atoms with Crippen molar-refractivity contribution in [3.05, 3.63) is 69.7 Å². The molecule has 2 rings (SSSR count). The molecule has 0 heterocycles. The number of carbonyl (C=O) groups excluding carboxylic acids is 1. The van der Waals surface area contributed by atoms with Crippen LogP contribution in [0.3, 0.4) is 0 Å². The lowest BCUT2D eigenvalue weighted by Gasteiger charge is -2.14. The van der Waals surface area contributed by atoms with E-state index in [0.717, 1.165) is 5.56 Å². The zero-order chi connectivity index (χ0) is 17.0. The summed E-state index contributed by atoms with van der Waals surface area (Å²) in [4.78, 5) is 11.4. The molecule has 2 aromatic carbocycles. The summed E-state index contributed by atoms with van der Waals surface area (Å²) in [5.74, 6) is -0.366. The van der Waals surface area contributed by atoms with Gasteiger partial charge in [-0.2, -0.15) is 0 Å². The van der Waals surface area contributed by atoms with Crippen molar-refractivity contribution in [1.29, 1.82) is 0 Å². The molecule has 23 heavy (non-hydrogen) atoms. The second-order valence-corrected chi connectivity index (χ2v) is 5.72. The van der Waals surface area contributed by atoms with Gasteiger partial charge in [-0.15, -0.1) is 0 Å². The summed E-state index contributed by atoms with van der Waals surface area (Å²) < 4.78 is 4.66. The van der Waals surface area contributed by atoms with Crippen LogP contribution >= 0.6 is 23.2 Å². The number of anilines is 1. The lowest BCUT2D eigenvalue weighted by molar-refractivity contribution is 0.0600. The van der Waals surface area contributed by atoms with Crippen LogP contribution in [0, 0.1) is 0 Å². The van der Waals surface area contributed by atoms with Gasteiger partial charge in [-0.25, -0.2) is 4.79 Å². The Labute approximate surface area is 144 Å². The molecule has 2 aromatic rings. The first-order chi connectivity index (χ1) is 10.9. The highest BCUT2D eigenvalue weighted by Gasteiger charge is 2.10. The topological polar surface area (TPSA) is 64.3 Å². The monoisotopic (exact) mass is 350 g/mol. The smallest absolute Gasteiger partial charge is 0.337 e. The minimum Gasteiger partial charge on any atom is -0.465 e. The maximum atomic E-state index is 11.4. The third-order valence-electron chi connectivity index (χ3n) is 3.27. The number of benzene rings is 2. The standard InChI is InChI=1S/C17H16Cl2N2O2/c1-10(16-14(19)7-13(18)8-15(16)20)21-9-11-3-5-12(6-4-11)17(22)23-2/h3-8,21H,1,9,20H2,2H3. The molecule has 0 saturated carbocycles. The van der Waals surface area contributed by atoms with Crippen molar-refractivity contribution in [3.8, 4) is 0 Å². The summed E-state index contributed by atoms with van der Waals surface area (Å²) in [5.41, 5.74) is 9.10. The Morgan fingerprint density at radius 1 is 1.26 bits per heavy atom. The van der Waals surface area contributed by atoms with Gasteiger partial charge in [0.05, 0.1) is 17.7 Å². The van der Waals surface area contributed by atoms with Gasteiger partial charge in [-0.1, -0.05) is 41.9 Å². The lowest BCUT2D eigenvalue weighted by atomic mass is 10.1. The number of hydrogen-bond acceptors (Lipinski definition) is 4. The van der Waals surface area contributed by atoms with Crippen LogP contribution in [0.4, 0.5) is 5.69 Å². The maximum Gasteiger partial charge on any atom is 0.337 e. The molecule has 4 nitrogen and oxygen atoms in total. The van der Waals surface area contributed by atoms with Crippen molar-refractivity contribution in [1.82, 2.24) is 5.32 Å². The molecule has 0 unspecified atom stereocenters. The first-order valence-corrected chi connectivity index (χ1v) is 7.53. The van der Waals surface area contributed by atoms with Crippen LogP contribution in [0.1, 0.15) is 21.5 Å². The summed E-state index contributed by atoms with van der Waals surface area (Å²) >= 11 is 12.1. The van der Waals surface area contributed by atoms with E-state index in [2.05, 4.69) is 16.6 Å². The highest BCUT2D eigenvalue weighted by Crippen LogP contribution is 2.31. The summed E-state index contributed by atoms with van der Waals surface area (Å²) in [5, 5.41) is 4.07. The van der Waals surface area contributed by atoms with E-state index in [1.165, 1.54) is 7.11 Å². The fourth-order valence-corrected chi connectivity index (χ4v) is 2.71. The Hall–Kier alpha value is -2.17. The first kappa shape index (κ1) is 17.2. The number of nitrogens with one attached hydrogen (secondary N) is 1. The second kappa shape index (κ2) is 7.40. The molecule has 120 valence electrons. The van der Waals surface area contributed by atoms with Crippen LogP contribution in [0.5, 0.6) is 0 Å². The fraction of sp³-hybridized carbons (Fsp3) is 0.118. The van der Waals surface area contributed by atoms with Crippen LogP contribution in [-0.2, 0) is 11.3 Å². The molecule has 0 saturated heterocycles. The van der Waals surface area contributed by atoms with Gasteiger partial charge in [-0.3, -0.25) is 0 Å². The molecule has 0 aliphatic carbocycles. The average Bonchev–Trinajstić information content (AvgIpc) is 2.51. The highest BCUT2D eigenvalue weighted by atomic mass is 35.5. The van der Waals surface area contributed by atoms with Gasteiger partial charge in [0.1, 0.15) is 0 Å². The average molecular weight is 351 g/mol. The molecule has 0 aliphatic heterocycles. The van der Waals surface area contributed by atoms with E-state index in [1.54, 1.807) is 24.3 Å². The van der Waals surface area contributed by atoms with E-state index in [0.29, 0.717) is 39.1 Å². The predicted octanol–water partition coefficient (Wildman–Crippen LogP) is 4.12. The SMILES string of the molecule is C=C(NCc1ccc(C(=O)OC)cc1)c1c(N)cc(Cl)cc1Cl. The normalized spacial score (nSPS) is 10.2. The number of halogens is 2. The van der Waals surface area contributed by atoms with Crippen molar-refractivity contribution in [2.75, 3.05) is 12.8 Å². The van der Waals surface area contributed by atoms with Gasteiger partial charge in [0.15, 0.2) is 0 Å². The van der Waals surface area contributed by atoms with Crippen molar-refractivity contribution < 1.29 is 9.53 Å². The van der Waals surface area contributed by atoms with E-state index in [4.69, 9.17) is 28.9 Å². The van der Waals surface area contributed by atoms with Gasteiger partial charge >= 0.3 is 5.97 Å². The predicted molar refractivity (Wildman–Crippen MR) is 94.5 cm³/mol. The van der Waals surface area contributed by atoms with Gasteiger partial charge in [0, 0.05) is 28.5 Å². The first-order valence-electron chi connectivity index (χ1n) is 6.77. The van der Waals surface area contributed by atoms with Crippen molar-refractivity contribution >= 4 is 40.6 Å². The summed E-state index contributed by atoms with van der Waals surface area (Å²) in [6.45, 7) is 4.47. The number of hydrogen-bond donors (Lipinski definition) is 2. The van der Waals surface area contributed by atoms with Crippen LogP contribution in [0.15, 0.2) is 43.0 Å². The van der Waals surface area contributed by atoms with E-state index >= 15 is 0 Å². The Balaban J connectivity index is 2.06. The second-order valence-electron chi connectivity index (χ2n) is 4.87. The third kappa shape index (κ3) is 4.18. The summed E-state index contributed by atoms with van der Waals surface area (Å²) in [7, 11) is 1.35. The molecule has 0 amide bonds. The van der Waals surface area contributed by atoms with Crippen LogP contribution in [0.25, 0.3) is 5.70 Å². The van der Waals surface area contributed by atoms with E-state index in [1.807, 2.05) is 12.1 Å². The van der Waals surface area contributed by atoms with Crippen molar-refractivity contribution in [3.63, 3.8) is 0 Å². The zero-order valence-corrected chi connectivity index (χ0v) is 14.0. The number of rotatable bonds is 5. The molecular formula is C17H16Cl2N2O2. The molecule has 0 atom stereocenters. The Morgan fingerprint density at radius 3 is 2.48 bits per heavy atom. The van der Waals surface area contributed by atoms with Gasteiger partial charge in [0.2, 0.25) is 0 Å². The molecule has 0 fully saturated rings. The quantitative estimate of drug-likeness (QED) is 0.628. The number of methoxy groups -OCH3 is 1. The Bertz CT molecular complexity index is 720. The third-order valence-corrected chi connectivity index (χ3v) is 3.78. The Morgan fingerprint density at radius 2 is 1.91 bits per heavy atom. The van der Waals surface area contributed by atoms with Crippen LogP contribution in [-0.4, -0.2) is 13.1 Å². The largest absolute Gasteiger partial charge is 0.465 e. The number of carbonyl (C=O) groups is 1. The van der Waals surface area contributed by atoms with E-state index < -0.39 is 0 Å². The Kier molecular flexibility index (Phi) is 5.53. The maximum absolute atomic E-state index is 11.4. The summed E-state index contributed by atoms with van der Waals surface area (Å²) in [6.07, 6.45) is 0. The molecule has 6 heteroatoms. The van der Waals surface area contributed by atoms with Crippen molar-refractivity contribution in [2.24, 2.45) is 0 Å². The fourth-order valence-electron chi connectivity index (χ4n) is 2.09. The number of nitrogens with two attached hydrogens (primary N) is 1. The molecular weight excluding hydrogens is 335 g/mol. The van der Waals surface area contributed by atoms with Crippen molar-refractivity contribution in [2.45, 2.75) is 6.54 Å². The molecule has 3 N–H and O–H groups in total. The highest BCUT2D eigenvalue weighted by molar-refractivity contribution is 6.36. The number of esters is 1. The van der Waals surface area contributed by atoms with Gasteiger partial charge < -0.3 is 15.8 Å². The minimum atomic E-state index is -0.366. The molecule has 0 aliphatic rings. The van der Waals surface area contributed by atoms with Crippen LogP contribution < -0.4 is 11.1 Å². The molecule has 0 bridgehead atoms. The van der Waals surface area contributed by atoms with Gasteiger partial charge in [-0.05, 0) is 29.8 Å².